The zero-order chi connectivity index (χ0) is 17.9. The number of aryl methyl sites for hydroxylation is 1. The lowest BCUT2D eigenvalue weighted by Gasteiger charge is -2.15. The molecule has 0 saturated carbocycles. The number of fused-ring (bicyclic) bond motifs is 1. The van der Waals surface area contributed by atoms with E-state index in [-0.39, 0.29) is 5.91 Å². The molecular weight excluding hydrogens is 350 g/mol. The van der Waals surface area contributed by atoms with Gasteiger partial charge in [0.2, 0.25) is 11.9 Å². The Bertz CT molecular complexity index is 889. The van der Waals surface area contributed by atoms with Crippen LogP contribution in [-0.2, 0) is 17.9 Å². The molecule has 0 bridgehead atoms. The highest BCUT2D eigenvalue weighted by molar-refractivity contribution is 7.99. The van der Waals surface area contributed by atoms with Gasteiger partial charge in [-0.25, -0.2) is 0 Å². The summed E-state index contributed by atoms with van der Waals surface area (Å²) in [6.07, 6.45) is 1.59. The van der Waals surface area contributed by atoms with E-state index in [0.29, 0.717) is 12.3 Å². The van der Waals surface area contributed by atoms with E-state index in [1.165, 1.54) is 17.3 Å². The van der Waals surface area contributed by atoms with Gasteiger partial charge in [-0.1, -0.05) is 29.5 Å². The van der Waals surface area contributed by atoms with Crippen molar-refractivity contribution in [3.8, 4) is 0 Å². The van der Waals surface area contributed by atoms with E-state index < -0.39 is 0 Å². The molecule has 2 aromatic heterocycles. The number of thioether (sulfide) groups is 1. The fourth-order valence-corrected chi connectivity index (χ4v) is 3.62. The maximum absolute atomic E-state index is 12.0. The van der Waals surface area contributed by atoms with Crippen LogP contribution in [0.3, 0.4) is 0 Å². The average molecular weight is 369 g/mol. The molecule has 0 spiro atoms. The van der Waals surface area contributed by atoms with E-state index >= 15 is 0 Å². The molecule has 0 fully saturated rings. The van der Waals surface area contributed by atoms with Gasteiger partial charge in [-0.15, -0.1) is 10.2 Å². The van der Waals surface area contributed by atoms with E-state index in [4.69, 9.17) is 4.42 Å². The molecule has 7 nitrogen and oxygen atoms in total. The Hall–Kier alpha value is -2.74. The number of anilines is 2. The van der Waals surface area contributed by atoms with Gasteiger partial charge in [0.25, 0.3) is 0 Å². The molecule has 1 aliphatic rings. The van der Waals surface area contributed by atoms with Gasteiger partial charge in [-0.05, 0) is 31.2 Å². The third-order valence-corrected chi connectivity index (χ3v) is 5.17. The standard InChI is InChI=1S/C18H19N5O2S/c1-13-4-6-14(7-5-13)22-8-9-23-17(22)20-21-18(23)26-12-16(24)19-11-15-3-2-10-25-15/h2-7,10H,8-9,11-12H2,1H3,(H,19,24). The van der Waals surface area contributed by atoms with E-state index in [2.05, 4.69) is 56.2 Å². The minimum Gasteiger partial charge on any atom is -0.467 e. The third kappa shape index (κ3) is 3.45. The number of furan rings is 1. The lowest BCUT2D eigenvalue weighted by Crippen LogP contribution is -2.24. The Kier molecular flexibility index (Phi) is 4.66. The molecule has 0 aliphatic carbocycles. The van der Waals surface area contributed by atoms with Crippen molar-refractivity contribution in [2.24, 2.45) is 0 Å². The average Bonchev–Trinajstić information content (AvgIpc) is 3.37. The van der Waals surface area contributed by atoms with Crippen LogP contribution in [-0.4, -0.2) is 33.0 Å². The summed E-state index contributed by atoms with van der Waals surface area (Å²) >= 11 is 1.40. The van der Waals surface area contributed by atoms with Crippen molar-refractivity contribution in [3.63, 3.8) is 0 Å². The Morgan fingerprint density at radius 2 is 2.08 bits per heavy atom. The van der Waals surface area contributed by atoms with Crippen LogP contribution in [0.25, 0.3) is 0 Å². The second-order valence-corrected chi connectivity index (χ2v) is 7.01. The van der Waals surface area contributed by atoms with Gasteiger partial charge in [-0.3, -0.25) is 9.36 Å². The second kappa shape index (κ2) is 7.25. The van der Waals surface area contributed by atoms with Crippen molar-refractivity contribution in [1.29, 1.82) is 0 Å². The highest BCUT2D eigenvalue weighted by Gasteiger charge is 2.26. The molecule has 0 saturated heterocycles. The van der Waals surface area contributed by atoms with Crippen molar-refractivity contribution < 1.29 is 9.21 Å². The number of hydrogen-bond acceptors (Lipinski definition) is 6. The van der Waals surface area contributed by atoms with Crippen molar-refractivity contribution in [3.05, 3.63) is 54.0 Å². The summed E-state index contributed by atoms with van der Waals surface area (Å²) in [7, 11) is 0. The molecule has 0 atom stereocenters. The zero-order valence-corrected chi connectivity index (χ0v) is 15.2. The number of carbonyl (C=O) groups is 1. The van der Waals surface area contributed by atoms with E-state index in [0.717, 1.165) is 35.6 Å². The Balaban J connectivity index is 1.37. The zero-order valence-electron chi connectivity index (χ0n) is 14.4. The molecule has 1 amide bonds. The highest BCUT2D eigenvalue weighted by atomic mass is 32.2. The molecule has 3 heterocycles. The summed E-state index contributed by atoms with van der Waals surface area (Å²) < 4.78 is 7.26. The number of aromatic nitrogens is 3. The van der Waals surface area contributed by atoms with Crippen molar-refractivity contribution in [1.82, 2.24) is 20.1 Å². The first-order valence-corrected chi connectivity index (χ1v) is 9.38. The van der Waals surface area contributed by atoms with E-state index in [1.54, 1.807) is 12.3 Å². The number of nitrogens with zero attached hydrogens (tertiary/aromatic N) is 4. The summed E-state index contributed by atoms with van der Waals surface area (Å²) in [5, 5.41) is 12.2. The van der Waals surface area contributed by atoms with Gasteiger partial charge in [-0.2, -0.15) is 0 Å². The van der Waals surface area contributed by atoms with Gasteiger partial charge < -0.3 is 14.6 Å². The maximum atomic E-state index is 12.0. The largest absolute Gasteiger partial charge is 0.467 e. The molecule has 0 radical (unpaired) electrons. The predicted molar refractivity (Wildman–Crippen MR) is 99.5 cm³/mol. The first kappa shape index (κ1) is 16.7. The molecule has 1 aromatic carbocycles. The number of nitrogens with one attached hydrogen (secondary N) is 1. The molecule has 8 heteroatoms. The quantitative estimate of drug-likeness (QED) is 0.674. The van der Waals surface area contributed by atoms with Gasteiger partial charge in [0, 0.05) is 18.8 Å². The number of hydrogen-bond donors (Lipinski definition) is 1. The fourth-order valence-electron chi connectivity index (χ4n) is 2.83. The molecule has 0 unspecified atom stereocenters. The number of benzene rings is 1. The van der Waals surface area contributed by atoms with Crippen LogP contribution in [0.2, 0.25) is 0 Å². The minimum absolute atomic E-state index is 0.0582. The lowest BCUT2D eigenvalue weighted by molar-refractivity contribution is -0.118. The van der Waals surface area contributed by atoms with Crippen molar-refractivity contribution in [2.75, 3.05) is 17.2 Å². The molecule has 1 N–H and O–H groups in total. The van der Waals surface area contributed by atoms with Gasteiger partial charge >= 0.3 is 0 Å². The topological polar surface area (TPSA) is 76.2 Å². The fraction of sp³-hybridized carbons (Fsp3) is 0.278. The smallest absolute Gasteiger partial charge is 0.232 e. The first-order chi connectivity index (χ1) is 12.7. The Labute approximate surface area is 155 Å². The maximum Gasteiger partial charge on any atom is 0.232 e. The predicted octanol–water partition coefficient (Wildman–Crippen LogP) is 2.74. The molecule has 26 heavy (non-hydrogen) atoms. The number of carbonyl (C=O) groups excluding carboxylic acids is 1. The van der Waals surface area contributed by atoms with E-state index in [1.807, 2.05) is 6.07 Å². The Morgan fingerprint density at radius 1 is 1.23 bits per heavy atom. The van der Waals surface area contributed by atoms with Crippen molar-refractivity contribution in [2.45, 2.75) is 25.2 Å². The van der Waals surface area contributed by atoms with Crippen LogP contribution in [0.4, 0.5) is 11.6 Å². The summed E-state index contributed by atoms with van der Waals surface area (Å²) in [5.74, 6) is 1.80. The molecule has 3 aromatic rings. The van der Waals surface area contributed by atoms with Crippen molar-refractivity contribution >= 4 is 29.3 Å². The summed E-state index contributed by atoms with van der Waals surface area (Å²) in [5.41, 5.74) is 2.33. The van der Waals surface area contributed by atoms with Gasteiger partial charge in [0.1, 0.15) is 5.76 Å². The lowest BCUT2D eigenvalue weighted by atomic mass is 10.2. The highest BCUT2D eigenvalue weighted by Crippen LogP contribution is 2.32. The number of rotatable bonds is 6. The molecule has 4 rings (SSSR count). The minimum atomic E-state index is -0.0582. The van der Waals surface area contributed by atoms with Gasteiger partial charge in [0.05, 0.1) is 18.6 Å². The van der Waals surface area contributed by atoms with Gasteiger partial charge in [0.15, 0.2) is 5.16 Å². The van der Waals surface area contributed by atoms with Crippen LogP contribution < -0.4 is 10.2 Å². The normalized spacial score (nSPS) is 13.0. The van der Waals surface area contributed by atoms with Crippen LogP contribution in [0.15, 0.2) is 52.2 Å². The SMILES string of the molecule is Cc1ccc(N2CCn3c(SCC(=O)NCc4ccco4)nnc32)cc1. The third-order valence-electron chi connectivity index (χ3n) is 4.20. The molecule has 134 valence electrons. The number of amides is 1. The summed E-state index contributed by atoms with van der Waals surface area (Å²) in [6, 6.07) is 12.0. The second-order valence-electron chi connectivity index (χ2n) is 6.07. The Morgan fingerprint density at radius 3 is 2.85 bits per heavy atom. The van der Waals surface area contributed by atoms with Crippen LogP contribution in [0.1, 0.15) is 11.3 Å². The van der Waals surface area contributed by atoms with Crippen LogP contribution in [0.5, 0.6) is 0 Å². The summed E-state index contributed by atoms with van der Waals surface area (Å²) in [4.78, 5) is 14.2. The molecule has 1 aliphatic heterocycles. The van der Waals surface area contributed by atoms with E-state index in [9.17, 15) is 4.79 Å². The van der Waals surface area contributed by atoms with Crippen LogP contribution in [0, 0.1) is 6.92 Å². The van der Waals surface area contributed by atoms with Crippen LogP contribution >= 0.6 is 11.8 Å². The monoisotopic (exact) mass is 369 g/mol. The molecular formula is C18H19N5O2S. The first-order valence-electron chi connectivity index (χ1n) is 8.40. The summed E-state index contributed by atoms with van der Waals surface area (Å²) in [6.45, 7) is 4.13.